The number of hydrogen-bond acceptors (Lipinski definition) is 1. The van der Waals surface area contributed by atoms with Crippen molar-refractivity contribution in [1.82, 2.24) is 5.32 Å². The topological polar surface area (TPSA) is 12.0 Å². The summed E-state index contributed by atoms with van der Waals surface area (Å²) in [5, 5.41) is 2.92. The molecule has 2 rings (SSSR count). The molecular weight excluding hydrogens is 289 g/mol. The molecule has 1 atom stereocenters. The van der Waals surface area contributed by atoms with Gasteiger partial charge >= 0.3 is 6.18 Å². The summed E-state index contributed by atoms with van der Waals surface area (Å²) in [4.78, 5) is 0. The minimum Gasteiger partial charge on any atom is -0.313 e. The number of nitrogens with one attached hydrogen (secondary N) is 1. The van der Waals surface area contributed by atoms with Crippen LogP contribution in [0, 0.1) is 23.5 Å². The van der Waals surface area contributed by atoms with Gasteiger partial charge in [-0.15, -0.1) is 0 Å². The molecule has 1 aromatic rings. The fourth-order valence-electron chi connectivity index (χ4n) is 3.18. The summed E-state index contributed by atoms with van der Waals surface area (Å²) >= 11 is 0. The highest BCUT2D eigenvalue weighted by Gasteiger charge is 2.42. The number of hydrogen-bond donors (Lipinski definition) is 1. The second-order valence-corrected chi connectivity index (χ2v) is 5.59. The smallest absolute Gasteiger partial charge is 0.313 e. The number of alkyl halides is 3. The average Bonchev–Trinajstić information content (AvgIpc) is 2.43. The van der Waals surface area contributed by atoms with E-state index < -0.39 is 29.8 Å². The first-order valence-electron chi connectivity index (χ1n) is 7.02. The Labute approximate surface area is 120 Å². The monoisotopic (exact) mass is 307 g/mol. The number of benzene rings is 1. The van der Waals surface area contributed by atoms with Crippen molar-refractivity contribution < 1.29 is 22.0 Å². The zero-order valence-corrected chi connectivity index (χ0v) is 11.7. The first-order chi connectivity index (χ1) is 9.82. The maximum absolute atomic E-state index is 13.8. The lowest BCUT2D eigenvalue weighted by atomic mass is 9.76. The van der Waals surface area contributed by atoms with Crippen molar-refractivity contribution in [3.05, 3.63) is 35.4 Å². The van der Waals surface area contributed by atoms with Gasteiger partial charge in [0.15, 0.2) is 0 Å². The Morgan fingerprint density at radius 1 is 1.10 bits per heavy atom. The predicted octanol–water partition coefficient (Wildman–Crippen LogP) is 4.59. The van der Waals surface area contributed by atoms with Crippen LogP contribution >= 0.6 is 0 Å². The van der Waals surface area contributed by atoms with Crippen molar-refractivity contribution in [3.8, 4) is 0 Å². The van der Waals surface area contributed by atoms with Crippen molar-refractivity contribution in [2.24, 2.45) is 11.8 Å². The van der Waals surface area contributed by atoms with Gasteiger partial charge in [0, 0.05) is 11.6 Å². The van der Waals surface area contributed by atoms with Crippen molar-refractivity contribution in [2.75, 3.05) is 7.05 Å². The molecule has 1 unspecified atom stereocenters. The van der Waals surface area contributed by atoms with Gasteiger partial charge < -0.3 is 5.32 Å². The molecule has 1 aliphatic rings. The zero-order chi connectivity index (χ0) is 15.6. The normalized spacial score (nSPS) is 24.9. The molecule has 0 bridgehead atoms. The molecule has 1 aromatic carbocycles. The van der Waals surface area contributed by atoms with Gasteiger partial charge in [-0.2, -0.15) is 13.2 Å². The van der Waals surface area contributed by atoms with Gasteiger partial charge in [-0.1, -0.05) is 0 Å². The molecule has 21 heavy (non-hydrogen) atoms. The molecule has 1 nitrogen and oxygen atoms in total. The van der Waals surface area contributed by atoms with Crippen LogP contribution in [0.2, 0.25) is 0 Å². The van der Waals surface area contributed by atoms with E-state index in [0.29, 0.717) is 12.8 Å². The molecule has 0 amide bonds. The van der Waals surface area contributed by atoms with E-state index in [4.69, 9.17) is 0 Å². The third-order valence-electron chi connectivity index (χ3n) is 4.31. The maximum Gasteiger partial charge on any atom is 0.391 e. The molecule has 1 fully saturated rings. The van der Waals surface area contributed by atoms with Crippen molar-refractivity contribution in [3.63, 3.8) is 0 Å². The second kappa shape index (κ2) is 6.30. The van der Waals surface area contributed by atoms with Crippen LogP contribution in [0.4, 0.5) is 22.0 Å². The van der Waals surface area contributed by atoms with E-state index in [1.807, 2.05) is 0 Å². The quantitative estimate of drug-likeness (QED) is 0.805. The predicted molar refractivity (Wildman–Crippen MR) is 69.7 cm³/mol. The SMILES string of the molecule is CNC(c1cc(F)ccc1F)C1CCC(C(F)(F)F)CC1. The Kier molecular flexibility index (Phi) is 4.86. The third-order valence-corrected chi connectivity index (χ3v) is 4.31. The lowest BCUT2D eigenvalue weighted by Crippen LogP contribution is -2.33. The van der Waals surface area contributed by atoms with Gasteiger partial charge in [-0.05, 0) is 56.8 Å². The highest BCUT2D eigenvalue weighted by molar-refractivity contribution is 5.23. The fraction of sp³-hybridized carbons (Fsp3) is 0.600. The second-order valence-electron chi connectivity index (χ2n) is 5.59. The van der Waals surface area contributed by atoms with E-state index in [1.54, 1.807) is 7.05 Å². The van der Waals surface area contributed by atoms with Crippen molar-refractivity contribution >= 4 is 0 Å². The van der Waals surface area contributed by atoms with E-state index >= 15 is 0 Å². The van der Waals surface area contributed by atoms with Crippen LogP contribution in [0.3, 0.4) is 0 Å². The van der Waals surface area contributed by atoms with E-state index in [2.05, 4.69) is 5.32 Å². The van der Waals surface area contributed by atoms with Crippen LogP contribution in [0.1, 0.15) is 37.3 Å². The molecule has 0 aromatic heterocycles. The zero-order valence-electron chi connectivity index (χ0n) is 11.7. The summed E-state index contributed by atoms with van der Waals surface area (Å²) in [6.45, 7) is 0. The number of halogens is 5. The standard InChI is InChI=1S/C15H18F5N/c1-21-14(12-8-11(16)6-7-13(12)17)9-2-4-10(5-3-9)15(18,19)20/h6-10,14,21H,2-5H2,1H3. The summed E-state index contributed by atoms with van der Waals surface area (Å²) in [7, 11) is 1.62. The average molecular weight is 307 g/mol. The molecule has 118 valence electrons. The minimum atomic E-state index is -4.16. The van der Waals surface area contributed by atoms with E-state index in [0.717, 1.165) is 18.2 Å². The minimum absolute atomic E-state index is 0.0449. The number of rotatable bonds is 3. The maximum atomic E-state index is 13.8. The van der Waals surface area contributed by atoms with Crippen LogP contribution in [-0.4, -0.2) is 13.2 Å². The van der Waals surface area contributed by atoms with Gasteiger partial charge in [0.2, 0.25) is 0 Å². The first-order valence-corrected chi connectivity index (χ1v) is 7.02. The molecule has 0 aliphatic heterocycles. The molecule has 0 saturated heterocycles. The van der Waals surface area contributed by atoms with Gasteiger partial charge in [-0.25, -0.2) is 8.78 Å². The lowest BCUT2D eigenvalue weighted by molar-refractivity contribution is -0.184. The lowest BCUT2D eigenvalue weighted by Gasteiger charge is -2.34. The Morgan fingerprint density at radius 3 is 2.24 bits per heavy atom. The summed E-state index contributed by atoms with van der Waals surface area (Å²) < 4.78 is 65.1. The van der Waals surface area contributed by atoms with Crippen LogP contribution in [0.15, 0.2) is 18.2 Å². The van der Waals surface area contributed by atoms with Crippen molar-refractivity contribution in [2.45, 2.75) is 37.9 Å². The highest BCUT2D eigenvalue weighted by Crippen LogP contribution is 2.43. The Hall–Kier alpha value is -1.17. The molecule has 0 radical (unpaired) electrons. The summed E-state index contributed by atoms with van der Waals surface area (Å²) in [5.41, 5.74) is 0.188. The fourth-order valence-corrected chi connectivity index (χ4v) is 3.18. The summed E-state index contributed by atoms with van der Waals surface area (Å²) in [5.74, 6) is -2.47. The van der Waals surface area contributed by atoms with Gasteiger partial charge in [0.1, 0.15) is 11.6 Å². The molecular formula is C15H18F5N. The molecule has 1 saturated carbocycles. The first kappa shape index (κ1) is 16.2. The molecule has 0 spiro atoms. The van der Waals surface area contributed by atoms with Crippen LogP contribution in [0.5, 0.6) is 0 Å². The molecule has 1 N–H and O–H groups in total. The van der Waals surface area contributed by atoms with E-state index in [-0.39, 0.29) is 24.3 Å². The van der Waals surface area contributed by atoms with Gasteiger partial charge in [-0.3, -0.25) is 0 Å². The van der Waals surface area contributed by atoms with E-state index in [9.17, 15) is 22.0 Å². The van der Waals surface area contributed by atoms with Crippen LogP contribution < -0.4 is 5.32 Å². The summed E-state index contributed by atoms with van der Waals surface area (Å²) in [6, 6.07) is 2.74. The third kappa shape index (κ3) is 3.73. The Bertz CT molecular complexity index is 477. The van der Waals surface area contributed by atoms with Crippen LogP contribution in [-0.2, 0) is 0 Å². The van der Waals surface area contributed by atoms with Gasteiger partial charge in [0.25, 0.3) is 0 Å². The Morgan fingerprint density at radius 2 is 1.71 bits per heavy atom. The van der Waals surface area contributed by atoms with Crippen LogP contribution in [0.25, 0.3) is 0 Å². The largest absolute Gasteiger partial charge is 0.391 e. The Balaban J connectivity index is 2.11. The molecule has 0 heterocycles. The molecule has 1 aliphatic carbocycles. The molecule has 6 heteroatoms. The van der Waals surface area contributed by atoms with Crippen molar-refractivity contribution in [1.29, 1.82) is 0 Å². The highest BCUT2D eigenvalue weighted by atomic mass is 19.4. The van der Waals surface area contributed by atoms with E-state index in [1.165, 1.54) is 0 Å². The summed E-state index contributed by atoms with van der Waals surface area (Å²) in [6.07, 6.45) is -3.37. The van der Waals surface area contributed by atoms with Gasteiger partial charge in [0.05, 0.1) is 5.92 Å².